The van der Waals surface area contributed by atoms with E-state index in [4.69, 9.17) is 4.52 Å². The van der Waals surface area contributed by atoms with E-state index in [9.17, 15) is 9.67 Å². The van der Waals surface area contributed by atoms with E-state index in [-0.39, 0.29) is 0 Å². The first kappa shape index (κ1) is 14.2. The second-order valence-corrected chi connectivity index (χ2v) is 6.53. The first-order valence-corrected chi connectivity index (χ1v) is 7.45. The van der Waals surface area contributed by atoms with Gasteiger partial charge in [0.1, 0.15) is 5.34 Å². The summed E-state index contributed by atoms with van der Waals surface area (Å²) < 4.78 is 17.3. The van der Waals surface area contributed by atoms with Gasteiger partial charge in [-0.15, -0.1) is 0 Å². The van der Waals surface area contributed by atoms with E-state index in [2.05, 4.69) is 0 Å². The third-order valence-electron chi connectivity index (χ3n) is 2.43. The molecule has 0 rings (SSSR count). The summed E-state index contributed by atoms with van der Waals surface area (Å²) in [5, 5.41) is 9.16. The predicted octanol–water partition coefficient (Wildman–Crippen LogP) is 3.22. The molecule has 1 unspecified atom stereocenters. The minimum Gasteiger partial charge on any atom is -0.380 e. The number of aliphatic hydroxyl groups is 1. The molecule has 0 saturated heterocycles. The average Bonchev–Trinajstić information content (AvgIpc) is 2.04. The number of hydrogen-bond acceptors (Lipinski definition) is 3. The summed E-state index contributed by atoms with van der Waals surface area (Å²) >= 11 is 0. The third-order valence-corrected chi connectivity index (χ3v) is 5.14. The number of hydrogen-bond donors (Lipinski definition) is 1. The molecule has 0 amide bonds. The van der Waals surface area contributed by atoms with Crippen LogP contribution in [0.15, 0.2) is 0 Å². The zero-order valence-electron chi connectivity index (χ0n) is 9.75. The molecule has 0 aliphatic rings. The van der Waals surface area contributed by atoms with Crippen molar-refractivity contribution in [2.24, 2.45) is 0 Å². The van der Waals surface area contributed by atoms with Crippen molar-refractivity contribution < 1.29 is 14.2 Å². The quantitative estimate of drug-likeness (QED) is 0.673. The molecule has 3 nitrogen and oxygen atoms in total. The summed E-state index contributed by atoms with van der Waals surface area (Å²) in [4.78, 5) is 0. The minimum atomic E-state index is -2.89. The summed E-state index contributed by atoms with van der Waals surface area (Å²) in [6.45, 7) is 7.69. The van der Waals surface area contributed by atoms with Crippen LogP contribution in [0.25, 0.3) is 0 Å². The van der Waals surface area contributed by atoms with Crippen LogP contribution < -0.4 is 0 Å². The fourth-order valence-electron chi connectivity index (χ4n) is 1.70. The largest absolute Gasteiger partial charge is 0.380 e. The highest BCUT2D eigenvalue weighted by Crippen LogP contribution is 2.58. The van der Waals surface area contributed by atoms with E-state index in [1.807, 2.05) is 13.8 Å². The van der Waals surface area contributed by atoms with Gasteiger partial charge in [-0.3, -0.25) is 4.57 Å². The first-order chi connectivity index (χ1) is 6.43. The highest BCUT2D eigenvalue weighted by Gasteiger charge is 2.42. The van der Waals surface area contributed by atoms with Gasteiger partial charge in [-0.05, 0) is 19.8 Å². The Labute approximate surface area is 87.3 Å². The normalized spacial score (nSPS) is 16.6. The van der Waals surface area contributed by atoms with Gasteiger partial charge < -0.3 is 9.63 Å². The highest BCUT2D eigenvalue weighted by molar-refractivity contribution is 7.59. The summed E-state index contributed by atoms with van der Waals surface area (Å²) in [5.74, 6) is 0. The van der Waals surface area contributed by atoms with Crippen LogP contribution in [0.5, 0.6) is 0 Å². The molecule has 1 N–H and O–H groups in total. The van der Waals surface area contributed by atoms with Gasteiger partial charge in [0.2, 0.25) is 7.37 Å². The van der Waals surface area contributed by atoms with Gasteiger partial charge in [0.25, 0.3) is 0 Å². The zero-order valence-corrected chi connectivity index (χ0v) is 10.6. The molecule has 0 aromatic heterocycles. The molecule has 0 fully saturated rings. The SMILES string of the molecule is CCCC(O)(CCC)P(C)(=O)OCC. The van der Waals surface area contributed by atoms with Crippen LogP contribution in [0, 0.1) is 0 Å². The maximum absolute atomic E-state index is 12.1. The minimum absolute atomic E-state index is 0.392. The van der Waals surface area contributed by atoms with Gasteiger partial charge in [-0.2, -0.15) is 0 Å². The Kier molecular flexibility index (Phi) is 5.96. The van der Waals surface area contributed by atoms with E-state index >= 15 is 0 Å². The predicted molar refractivity (Wildman–Crippen MR) is 59.9 cm³/mol. The second-order valence-electron chi connectivity index (χ2n) is 3.75. The standard InChI is InChI=1S/C10H23O3P/c1-5-8-10(11,9-6-2)14(4,12)13-7-3/h11H,5-9H2,1-4H3. The fourth-order valence-corrected chi connectivity index (χ4v) is 3.69. The molecular weight excluding hydrogens is 199 g/mol. The maximum atomic E-state index is 12.1. The van der Waals surface area contributed by atoms with Crippen molar-refractivity contribution in [2.75, 3.05) is 13.3 Å². The lowest BCUT2D eigenvalue weighted by Gasteiger charge is -2.33. The Hall–Kier alpha value is 0.150. The molecule has 14 heavy (non-hydrogen) atoms. The zero-order chi connectivity index (χ0) is 11.2. The van der Waals surface area contributed by atoms with Crippen LogP contribution in [-0.2, 0) is 9.09 Å². The van der Waals surface area contributed by atoms with Crippen molar-refractivity contribution in [1.29, 1.82) is 0 Å². The van der Waals surface area contributed by atoms with Gasteiger partial charge in [0, 0.05) is 6.66 Å². The third kappa shape index (κ3) is 3.38. The van der Waals surface area contributed by atoms with Crippen molar-refractivity contribution >= 4 is 7.37 Å². The molecule has 0 radical (unpaired) electrons. The summed E-state index contributed by atoms with van der Waals surface area (Å²) in [7, 11) is -2.89. The van der Waals surface area contributed by atoms with Crippen molar-refractivity contribution in [3.05, 3.63) is 0 Å². The molecular formula is C10H23O3P. The van der Waals surface area contributed by atoms with Crippen molar-refractivity contribution in [2.45, 2.75) is 51.8 Å². The van der Waals surface area contributed by atoms with E-state index in [1.54, 1.807) is 13.6 Å². The van der Waals surface area contributed by atoms with Crippen LogP contribution in [0.4, 0.5) is 0 Å². The van der Waals surface area contributed by atoms with Crippen molar-refractivity contribution in [1.82, 2.24) is 0 Å². The Morgan fingerprint density at radius 1 is 1.21 bits per heavy atom. The molecule has 0 heterocycles. The topological polar surface area (TPSA) is 46.5 Å². The Morgan fingerprint density at radius 2 is 1.64 bits per heavy atom. The molecule has 4 heteroatoms. The molecule has 0 aromatic carbocycles. The monoisotopic (exact) mass is 222 g/mol. The van der Waals surface area contributed by atoms with Crippen LogP contribution in [0.2, 0.25) is 0 Å². The Morgan fingerprint density at radius 3 is 1.93 bits per heavy atom. The highest BCUT2D eigenvalue weighted by atomic mass is 31.2. The Bertz CT molecular complexity index is 198. The smallest absolute Gasteiger partial charge is 0.230 e. The lowest BCUT2D eigenvalue weighted by Crippen LogP contribution is -2.29. The van der Waals surface area contributed by atoms with Crippen molar-refractivity contribution in [3.8, 4) is 0 Å². The maximum Gasteiger partial charge on any atom is 0.230 e. The molecule has 0 aromatic rings. The molecule has 0 spiro atoms. The molecule has 0 aliphatic carbocycles. The van der Waals surface area contributed by atoms with Gasteiger partial charge in [0.15, 0.2) is 0 Å². The van der Waals surface area contributed by atoms with Crippen LogP contribution in [0.1, 0.15) is 46.5 Å². The van der Waals surface area contributed by atoms with Gasteiger partial charge in [0.05, 0.1) is 6.61 Å². The van der Waals surface area contributed by atoms with Gasteiger partial charge in [-0.25, -0.2) is 0 Å². The Balaban J connectivity index is 4.69. The molecule has 86 valence electrons. The molecule has 0 aliphatic heterocycles. The summed E-state index contributed by atoms with van der Waals surface area (Å²) in [5.41, 5.74) is 0. The molecule has 0 bridgehead atoms. The number of rotatable bonds is 7. The summed E-state index contributed by atoms with van der Waals surface area (Å²) in [6.07, 6.45) is 2.74. The molecule has 0 saturated carbocycles. The van der Waals surface area contributed by atoms with E-state index < -0.39 is 12.7 Å². The van der Waals surface area contributed by atoms with Crippen LogP contribution in [-0.4, -0.2) is 23.7 Å². The fraction of sp³-hybridized carbons (Fsp3) is 1.00. The van der Waals surface area contributed by atoms with Gasteiger partial charge in [-0.1, -0.05) is 26.7 Å². The van der Waals surface area contributed by atoms with Gasteiger partial charge >= 0.3 is 0 Å². The van der Waals surface area contributed by atoms with E-state index in [0.29, 0.717) is 19.4 Å². The first-order valence-electron chi connectivity index (χ1n) is 5.38. The lowest BCUT2D eigenvalue weighted by atomic mass is 10.1. The van der Waals surface area contributed by atoms with Crippen LogP contribution in [0.3, 0.4) is 0 Å². The average molecular weight is 222 g/mol. The lowest BCUT2D eigenvalue weighted by molar-refractivity contribution is 0.0831. The van der Waals surface area contributed by atoms with E-state index in [1.165, 1.54) is 0 Å². The van der Waals surface area contributed by atoms with Crippen LogP contribution >= 0.6 is 7.37 Å². The second kappa shape index (κ2) is 5.89. The molecule has 1 atom stereocenters. The summed E-state index contributed by atoms with van der Waals surface area (Å²) in [6, 6.07) is 0. The van der Waals surface area contributed by atoms with E-state index in [0.717, 1.165) is 12.8 Å². The van der Waals surface area contributed by atoms with Crippen molar-refractivity contribution in [3.63, 3.8) is 0 Å².